The number of carbonyl (C=O) groups is 2. The van der Waals surface area contributed by atoms with Crippen LogP contribution in [0.15, 0.2) is 48.5 Å². The summed E-state index contributed by atoms with van der Waals surface area (Å²) in [6, 6.07) is 13.8. The highest BCUT2D eigenvalue weighted by Crippen LogP contribution is 2.12. The molecular formula is C17H18N2O3. The highest BCUT2D eigenvalue weighted by molar-refractivity contribution is 5.97. The fourth-order valence-corrected chi connectivity index (χ4v) is 1.91. The second-order valence-corrected chi connectivity index (χ2v) is 5.03. The molecule has 0 spiro atoms. The summed E-state index contributed by atoms with van der Waals surface area (Å²) in [4.78, 5) is 24.0. The Kier molecular flexibility index (Phi) is 4.78. The van der Waals surface area contributed by atoms with Crippen LogP contribution in [0.1, 0.15) is 22.8 Å². The average molecular weight is 298 g/mol. The summed E-state index contributed by atoms with van der Waals surface area (Å²) in [5.74, 6) is -0.970. The SMILES string of the molecule is Cc1cccc(NC(=O)C(C)OC(=O)c2cccc(N)c2)c1. The monoisotopic (exact) mass is 298 g/mol. The van der Waals surface area contributed by atoms with E-state index in [1.807, 2.05) is 25.1 Å². The van der Waals surface area contributed by atoms with Crippen LogP contribution in [0.5, 0.6) is 0 Å². The van der Waals surface area contributed by atoms with Gasteiger partial charge in [0.1, 0.15) is 0 Å². The van der Waals surface area contributed by atoms with Gasteiger partial charge in [0.2, 0.25) is 0 Å². The van der Waals surface area contributed by atoms with Gasteiger partial charge in [-0.05, 0) is 49.7 Å². The van der Waals surface area contributed by atoms with Crippen molar-refractivity contribution in [3.05, 3.63) is 59.7 Å². The van der Waals surface area contributed by atoms with E-state index in [9.17, 15) is 9.59 Å². The van der Waals surface area contributed by atoms with Crippen molar-refractivity contribution in [3.8, 4) is 0 Å². The van der Waals surface area contributed by atoms with Crippen LogP contribution in [0.3, 0.4) is 0 Å². The number of rotatable bonds is 4. The number of benzene rings is 2. The van der Waals surface area contributed by atoms with Crippen molar-refractivity contribution in [1.82, 2.24) is 0 Å². The first-order chi connectivity index (χ1) is 10.5. The largest absolute Gasteiger partial charge is 0.449 e. The number of amides is 1. The second-order valence-electron chi connectivity index (χ2n) is 5.03. The van der Waals surface area contributed by atoms with Crippen molar-refractivity contribution in [1.29, 1.82) is 0 Å². The highest BCUT2D eigenvalue weighted by atomic mass is 16.5. The maximum absolute atomic E-state index is 12.0. The lowest BCUT2D eigenvalue weighted by Gasteiger charge is -2.14. The van der Waals surface area contributed by atoms with Gasteiger partial charge in [0.05, 0.1) is 5.56 Å². The number of ether oxygens (including phenoxy) is 1. The zero-order valence-corrected chi connectivity index (χ0v) is 12.5. The number of aryl methyl sites for hydroxylation is 1. The van der Waals surface area contributed by atoms with Crippen LogP contribution < -0.4 is 11.1 Å². The van der Waals surface area contributed by atoms with E-state index in [0.29, 0.717) is 16.9 Å². The topological polar surface area (TPSA) is 81.4 Å². The zero-order valence-electron chi connectivity index (χ0n) is 12.5. The van der Waals surface area contributed by atoms with Gasteiger partial charge in [-0.3, -0.25) is 4.79 Å². The molecule has 0 aliphatic heterocycles. The predicted octanol–water partition coefficient (Wildman–Crippen LogP) is 2.76. The first-order valence-corrected chi connectivity index (χ1v) is 6.90. The summed E-state index contributed by atoms with van der Waals surface area (Å²) in [5, 5.41) is 2.71. The highest BCUT2D eigenvalue weighted by Gasteiger charge is 2.19. The van der Waals surface area contributed by atoms with Crippen LogP contribution in [-0.4, -0.2) is 18.0 Å². The number of anilines is 2. The summed E-state index contributed by atoms with van der Waals surface area (Å²) in [6.07, 6.45) is -0.908. The molecule has 0 aliphatic rings. The van der Waals surface area contributed by atoms with Crippen LogP contribution in [0.25, 0.3) is 0 Å². The fraction of sp³-hybridized carbons (Fsp3) is 0.176. The summed E-state index contributed by atoms with van der Waals surface area (Å²) in [6.45, 7) is 3.45. The van der Waals surface area contributed by atoms with Gasteiger partial charge < -0.3 is 15.8 Å². The Morgan fingerprint density at radius 2 is 1.86 bits per heavy atom. The molecular weight excluding hydrogens is 280 g/mol. The molecule has 1 unspecified atom stereocenters. The molecule has 1 atom stereocenters. The molecule has 0 fully saturated rings. The Bertz CT molecular complexity index is 698. The Balaban J connectivity index is 1.98. The molecule has 0 radical (unpaired) electrons. The van der Waals surface area contributed by atoms with Gasteiger partial charge in [0.15, 0.2) is 6.10 Å². The van der Waals surface area contributed by atoms with E-state index in [1.165, 1.54) is 13.0 Å². The van der Waals surface area contributed by atoms with Crippen LogP contribution in [0.2, 0.25) is 0 Å². The molecule has 2 aromatic rings. The first kappa shape index (κ1) is 15.6. The summed E-state index contributed by atoms with van der Waals surface area (Å²) in [7, 11) is 0. The number of nitrogens with one attached hydrogen (secondary N) is 1. The molecule has 0 heterocycles. The van der Waals surface area contributed by atoms with Crippen molar-refractivity contribution in [2.45, 2.75) is 20.0 Å². The third-order valence-corrected chi connectivity index (χ3v) is 3.06. The van der Waals surface area contributed by atoms with E-state index in [-0.39, 0.29) is 5.91 Å². The zero-order chi connectivity index (χ0) is 16.1. The van der Waals surface area contributed by atoms with E-state index in [0.717, 1.165) is 5.56 Å². The van der Waals surface area contributed by atoms with E-state index >= 15 is 0 Å². The summed E-state index contributed by atoms with van der Waals surface area (Å²) < 4.78 is 5.15. The van der Waals surface area contributed by atoms with Gasteiger partial charge in [0, 0.05) is 11.4 Å². The van der Waals surface area contributed by atoms with E-state index in [4.69, 9.17) is 10.5 Å². The molecule has 0 aromatic heterocycles. The quantitative estimate of drug-likeness (QED) is 0.671. The Morgan fingerprint density at radius 1 is 1.14 bits per heavy atom. The summed E-state index contributed by atoms with van der Waals surface area (Å²) >= 11 is 0. The minimum absolute atomic E-state index is 0.315. The van der Waals surface area contributed by atoms with Gasteiger partial charge in [-0.15, -0.1) is 0 Å². The van der Waals surface area contributed by atoms with Crippen LogP contribution >= 0.6 is 0 Å². The third kappa shape index (κ3) is 4.09. The molecule has 0 bridgehead atoms. The fourth-order valence-electron chi connectivity index (χ4n) is 1.91. The number of hydrogen-bond acceptors (Lipinski definition) is 4. The summed E-state index contributed by atoms with van der Waals surface area (Å²) in [5.41, 5.74) is 8.09. The lowest BCUT2D eigenvalue weighted by atomic mass is 10.2. The molecule has 2 aromatic carbocycles. The Hall–Kier alpha value is -2.82. The lowest BCUT2D eigenvalue weighted by molar-refractivity contribution is -0.123. The molecule has 0 saturated heterocycles. The predicted molar refractivity (Wildman–Crippen MR) is 85.5 cm³/mol. The molecule has 5 nitrogen and oxygen atoms in total. The van der Waals surface area contributed by atoms with Crippen molar-refractivity contribution in [3.63, 3.8) is 0 Å². The van der Waals surface area contributed by atoms with E-state index in [1.54, 1.807) is 24.3 Å². The van der Waals surface area contributed by atoms with Crippen molar-refractivity contribution in [2.75, 3.05) is 11.1 Å². The average Bonchev–Trinajstić information content (AvgIpc) is 2.47. The normalized spacial score (nSPS) is 11.5. The smallest absolute Gasteiger partial charge is 0.338 e. The third-order valence-electron chi connectivity index (χ3n) is 3.06. The maximum atomic E-state index is 12.0. The van der Waals surface area contributed by atoms with Crippen LogP contribution in [0, 0.1) is 6.92 Å². The minimum Gasteiger partial charge on any atom is -0.449 e. The van der Waals surface area contributed by atoms with Gasteiger partial charge >= 0.3 is 5.97 Å². The Morgan fingerprint density at radius 3 is 2.55 bits per heavy atom. The molecule has 2 rings (SSSR count). The molecule has 0 aliphatic carbocycles. The van der Waals surface area contributed by atoms with Crippen LogP contribution in [0.4, 0.5) is 11.4 Å². The molecule has 1 amide bonds. The van der Waals surface area contributed by atoms with Crippen molar-refractivity contribution >= 4 is 23.3 Å². The molecule has 0 saturated carbocycles. The minimum atomic E-state index is -0.908. The van der Waals surface area contributed by atoms with Gasteiger partial charge in [-0.1, -0.05) is 18.2 Å². The second kappa shape index (κ2) is 6.76. The Labute approximate surface area is 129 Å². The van der Waals surface area contributed by atoms with Gasteiger partial charge in [-0.2, -0.15) is 0 Å². The standard InChI is InChI=1S/C17H18N2O3/c1-11-5-3-8-15(9-11)19-16(20)12(2)22-17(21)13-6-4-7-14(18)10-13/h3-10,12H,18H2,1-2H3,(H,19,20). The number of nitrogens with two attached hydrogens (primary N) is 1. The molecule has 3 N–H and O–H groups in total. The molecule has 114 valence electrons. The van der Waals surface area contributed by atoms with Crippen molar-refractivity contribution < 1.29 is 14.3 Å². The van der Waals surface area contributed by atoms with Crippen molar-refractivity contribution in [2.24, 2.45) is 0 Å². The van der Waals surface area contributed by atoms with Gasteiger partial charge in [0.25, 0.3) is 5.91 Å². The van der Waals surface area contributed by atoms with E-state index in [2.05, 4.69) is 5.32 Å². The number of carbonyl (C=O) groups excluding carboxylic acids is 2. The maximum Gasteiger partial charge on any atom is 0.338 e. The number of hydrogen-bond donors (Lipinski definition) is 2. The van der Waals surface area contributed by atoms with Crippen LogP contribution in [-0.2, 0) is 9.53 Å². The molecule has 22 heavy (non-hydrogen) atoms. The molecule has 5 heteroatoms. The number of nitrogen functional groups attached to an aromatic ring is 1. The first-order valence-electron chi connectivity index (χ1n) is 6.90. The van der Waals surface area contributed by atoms with E-state index < -0.39 is 12.1 Å². The van der Waals surface area contributed by atoms with Gasteiger partial charge in [-0.25, -0.2) is 4.79 Å². The lowest BCUT2D eigenvalue weighted by Crippen LogP contribution is -2.30. The number of esters is 1.